The second-order valence-electron chi connectivity index (χ2n) is 9.58. The molecule has 2 aliphatic rings. The van der Waals surface area contributed by atoms with Gasteiger partial charge < -0.3 is 15.1 Å². The van der Waals surface area contributed by atoms with Crippen LogP contribution in [0.2, 0.25) is 5.15 Å². The van der Waals surface area contributed by atoms with Crippen LogP contribution in [-0.2, 0) is 11.2 Å². The molecule has 2 aromatic rings. The van der Waals surface area contributed by atoms with Crippen LogP contribution in [0.5, 0.6) is 0 Å². The third-order valence-corrected chi connectivity index (χ3v) is 7.28. The van der Waals surface area contributed by atoms with Crippen LogP contribution in [0.1, 0.15) is 35.2 Å². The molecule has 0 saturated carbocycles. The fourth-order valence-corrected chi connectivity index (χ4v) is 5.25. The van der Waals surface area contributed by atoms with Crippen molar-refractivity contribution in [2.24, 2.45) is 5.92 Å². The maximum atomic E-state index is 13.8. The van der Waals surface area contributed by atoms with E-state index in [1.165, 1.54) is 11.1 Å². The summed E-state index contributed by atoms with van der Waals surface area (Å²) < 4.78 is 0. The van der Waals surface area contributed by atoms with E-state index in [2.05, 4.69) is 10.3 Å². The first-order valence-electron chi connectivity index (χ1n) is 12.0. The number of rotatable bonds is 8. The third kappa shape index (κ3) is 5.49. The molecule has 1 aromatic heterocycles. The number of halogens is 1. The van der Waals surface area contributed by atoms with Gasteiger partial charge in [0, 0.05) is 37.9 Å². The van der Waals surface area contributed by atoms with Gasteiger partial charge in [-0.3, -0.25) is 14.5 Å². The van der Waals surface area contributed by atoms with Gasteiger partial charge in [0.1, 0.15) is 10.7 Å². The summed E-state index contributed by atoms with van der Waals surface area (Å²) in [5.74, 6) is -0.302. The maximum absolute atomic E-state index is 13.8. The normalized spacial score (nSPS) is 21.0. The van der Waals surface area contributed by atoms with Gasteiger partial charge >= 0.3 is 6.03 Å². The monoisotopic (exact) mass is 497 g/mol. The number of benzene rings is 1. The van der Waals surface area contributed by atoms with E-state index in [9.17, 15) is 14.4 Å². The standard InChI is InChI=1S/C26H32ClN5O3/c1-30(2)16-17-32-24(34)26(29-25(32)35,12-8-19-6-4-3-5-7-19)21-10-14-31(15-11-21)23(33)20-9-13-28-22(27)18-20/h3-7,9,13,18,21H,8,10-12,14-17H2,1-2H3,(H,29,35)/t26-/m1/s1. The molecule has 1 N–H and O–H groups in total. The van der Waals surface area contributed by atoms with Crippen molar-refractivity contribution >= 4 is 29.4 Å². The van der Waals surface area contributed by atoms with Crippen LogP contribution in [0.3, 0.4) is 0 Å². The van der Waals surface area contributed by atoms with Crippen LogP contribution in [-0.4, -0.2) is 83.3 Å². The van der Waals surface area contributed by atoms with Crippen LogP contribution in [0.4, 0.5) is 4.79 Å². The summed E-state index contributed by atoms with van der Waals surface area (Å²) in [7, 11) is 3.84. The number of aromatic nitrogens is 1. The molecular weight excluding hydrogens is 466 g/mol. The van der Waals surface area contributed by atoms with Crippen molar-refractivity contribution < 1.29 is 14.4 Å². The van der Waals surface area contributed by atoms with E-state index in [1.54, 1.807) is 17.0 Å². The van der Waals surface area contributed by atoms with Crippen molar-refractivity contribution in [2.75, 3.05) is 40.3 Å². The Kier molecular flexibility index (Phi) is 7.72. The number of imide groups is 1. The molecule has 0 bridgehead atoms. The van der Waals surface area contributed by atoms with Crippen LogP contribution in [0.25, 0.3) is 0 Å². The second-order valence-corrected chi connectivity index (χ2v) is 9.97. The van der Waals surface area contributed by atoms with Gasteiger partial charge in [0.2, 0.25) is 0 Å². The Morgan fingerprint density at radius 1 is 1.17 bits per heavy atom. The Balaban J connectivity index is 1.51. The van der Waals surface area contributed by atoms with Gasteiger partial charge in [0.05, 0.1) is 0 Å². The van der Waals surface area contributed by atoms with Gasteiger partial charge in [0.25, 0.3) is 11.8 Å². The summed E-state index contributed by atoms with van der Waals surface area (Å²) in [5.41, 5.74) is 0.666. The summed E-state index contributed by atoms with van der Waals surface area (Å²) in [6.45, 7) is 1.98. The molecule has 3 heterocycles. The largest absolute Gasteiger partial charge is 0.339 e. The maximum Gasteiger partial charge on any atom is 0.325 e. The molecule has 4 amide bonds. The molecule has 35 heavy (non-hydrogen) atoms. The lowest BCUT2D eigenvalue weighted by Gasteiger charge is -2.41. The lowest BCUT2D eigenvalue weighted by Crippen LogP contribution is -2.57. The van der Waals surface area contributed by atoms with E-state index < -0.39 is 5.54 Å². The Labute approximate surface area is 211 Å². The van der Waals surface area contributed by atoms with E-state index in [0.29, 0.717) is 57.4 Å². The zero-order valence-corrected chi connectivity index (χ0v) is 21.0. The van der Waals surface area contributed by atoms with Crippen molar-refractivity contribution in [3.8, 4) is 0 Å². The zero-order chi connectivity index (χ0) is 25.0. The summed E-state index contributed by atoms with van der Waals surface area (Å²) >= 11 is 5.96. The van der Waals surface area contributed by atoms with Gasteiger partial charge in [-0.1, -0.05) is 41.9 Å². The van der Waals surface area contributed by atoms with Crippen LogP contribution in [0, 0.1) is 5.92 Å². The second kappa shape index (κ2) is 10.7. The average molecular weight is 498 g/mol. The Morgan fingerprint density at radius 3 is 2.54 bits per heavy atom. The average Bonchev–Trinajstić information content (AvgIpc) is 3.11. The smallest absolute Gasteiger partial charge is 0.325 e. The van der Waals surface area contributed by atoms with Gasteiger partial charge in [-0.25, -0.2) is 9.78 Å². The number of carbonyl (C=O) groups is 3. The van der Waals surface area contributed by atoms with Crippen molar-refractivity contribution in [3.63, 3.8) is 0 Å². The molecule has 9 heteroatoms. The van der Waals surface area contributed by atoms with E-state index in [4.69, 9.17) is 11.6 Å². The molecule has 0 aliphatic carbocycles. The summed E-state index contributed by atoms with van der Waals surface area (Å²) in [5, 5.41) is 3.38. The van der Waals surface area contributed by atoms with Gasteiger partial charge in [-0.2, -0.15) is 0 Å². The van der Waals surface area contributed by atoms with Gasteiger partial charge in [0.15, 0.2) is 0 Å². The Morgan fingerprint density at radius 2 is 1.89 bits per heavy atom. The minimum Gasteiger partial charge on any atom is -0.339 e. The first kappa shape index (κ1) is 25.1. The number of nitrogens with zero attached hydrogens (tertiary/aromatic N) is 4. The summed E-state index contributed by atoms with van der Waals surface area (Å²) in [6, 6.07) is 12.9. The fourth-order valence-electron chi connectivity index (χ4n) is 5.08. The summed E-state index contributed by atoms with van der Waals surface area (Å²) in [6.07, 6.45) is 4.00. The van der Waals surface area contributed by atoms with Crippen molar-refractivity contribution in [2.45, 2.75) is 31.2 Å². The lowest BCUT2D eigenvalue weighted by atomic mass is 9.74. The molecule has 8 nitrogen and oxygen atoms in total. The third-order valence-electron chi connectivity index (χ3n) is 7.08. The van der Waals surface area contributed by atoms with Crippen molar-refractivity contribution in [1.82, 2.24) is 25.0 Å². The molecule has 1 atom stereocenters. The van der Waals surface area contributed by atoms with E-state index in [-0.39, 0.29) is 28.9 Å². The predicted octanol–water partition coefficient (Wildman–Crippen LogP) is 3.07. The van der Waals surface area contributed by atoms with Crippen LogP contribution >= 0.6 is 11.6 Å². The Bertz CT molecular complexity index is 1070. The topological polar surface area (TPSA) is 85.8 Å². The molecule has 0 radical (unpaired) electrons. The summed E-state index contributed by atoms with van der Waals surface area (Å²) in [4.78, 5) is 48.7. The van der Waals surface area contributed by atoms with E-state index >= 15 is 0 Å². The highest BCUT2D eigenvalue weighted by Gasteiger charge is 2.55. The lowest BCUT2D eigenvalue weighted by molar-refractivity contribution is -0.134. The number of nitrogens with one attached hydrogen (secondary N) is 1. The fraction of sp³-hybridized carbons (Fsp3) is 0.462. The van der Waals surface area contributed by atoms with Crippen LogP contribution < -0.4 is 5.32 Å². The number of carbonyl (C=O) groups excluding carboxylic acids is 3. The highest BCUT2D eigenvalue weighted by Crippen LogP contribution is 2.37. The first-order valence-corrected chi connectivity index (χ1v) is 12.4. The van der Waals surface area contributed by atoms with E-state index in [0.717, 1.165) is 5.56 Å². The first-order chi connectivity index (χ1) is 16.8. The predicted molar refractivity (Wildman–Crippen MR) is 134 cm³/mol. The molecule has 0 spiro atoms. The number of likely N-dealkylation sites (tertiary alicyclic amines) is 1. The molecule has 2 aliphatic heterocycles. The van der Waals surface area contributed by atoms with Gasteiger partial charge in [-0.15, -0.1) is 0 Å². The highest BCUT2D eigenvalue weighted by molar-refractivity contribution is 6.29. The minimum atomic E-state index is -0.964. The molecule has 2 saturated heterocycles. The highest BCUT2D eigenvalue weighted by atomic mass is 35.5. The molecule has 0 unspecified atom stereocenters. The molecule has 4 rings (SSSR count). The number of likely N-dealkylation sites (N-methyl/N-ethyl adjacent to an activating group) is 1. The number of hydrogen-bond acceptors (Lipinski definition) is 5. The zero-order valence-electron chi connectivity index (χ0n) is 20.2. The molecule has 1 aromatic carbocycles. The van der Waals surface area contributed by atoms with Crippen molar-refractivity contribution in [1.29, 1.82) is 0 Å². The quantitative estimate of drug-likeness (QED) is 0.447. The SMILES string of the molecule is CN(C)CCN1C(=O)N[C@](CCc2ccccc2)(C2CCN(C(=O)c3ccnc(Cl)c3)CC2)C1=O. The number of hydrogen-bond donors (Lipinski definition) is 1. The molecular formula is C26H32ClN5O3. The molecule has 186 valence electrons. The van der Waals surface area contributed by atoms with Crippen LogP contribution in [0.15, 0.2) is 48.7 Å². The number of piperidine rings is 1. The minimum absolute atomic E-state index is 0.0582. The number of pyridine rings is 1. The number of aryl methyl sites for hydroxylation is 1. The molecule has 2 fully saturated rings. The van der Waals surface area contributed by atoms with Crippen molar-refractivity contribution in [3.05, 3.63) is 64.9 Å². The number of urea groups is 1. The number of amides is 4. The van der Waals surface area contributed by atoms with E-state index in [1.807, 2.05) is 49.3 Å². The van der Waals surface area contributed by atoms with Gasteiger partial charge in [-0.05, 0) is 63.4 Å². The Hall–Kier alpha value is -2.97.